The monoisotopic (exact) mass is 410 g/mol. The number of hydrogen-bond donors (Lipinski definition) is 3. The van der Waals surface area contributed by atoms with Crippen molar-refractivity contribution in [3.05, 3.63) is 81.4 Å². The van der Waals surface area contributed by atoms with Gasteiger partial charge in [-0.15, -0.1) is 0 Å². The summed E-state index contributed by atoms with van der Waals surface area (Å²) in [5, 5.41) is 29.2. The first-order chi connectivity index (χ1) is 13.8. The minimum absolute atomic E-state index is 0.0473. The van der Waals surface area contributed by atoms with Gasteiger partial charge in [-0.25, -0.2) is 9.59 Å². The average Bonchev–Trinajstić information content (AvgIpc) is 2.95. The van der Waals surface area contributed by atoms with E-state index in [1.807, 2.05) is 0 Å². The summed E-state index contributed by atoms with van der Waals surface area (Å²) in [6.07, 6.45) is 0. The highest BCUT2D eigenvalue weighted by Crippen LogP contribution is 2.57. The van der Waals surface area contributed by atoms with E-state index in [1.54, 1.807) is 0 Å². The Morgan fingerprint density at radius 1 is 0.897 bits per heavy atom. The molecule has 2 aliphatic heterocycles. The molecule has 0 aromatic heterocycles. The maximum Gasteiger partial charge on any atom is 0.341 e. The zero-order chi connectivity index (χ0) is 20.5. The SMILES string of the molecule is O=C(O)c1cc(Cl)c2c(c1)C1(OC2=O)c2ccc(O)cc2Oc2cc(O)ccc21. The summed E-state index contributed by atoms with van der Waals surface area (Å²) >= 11 is 6.25. The number of ether oxygens (including phenoxy) is 2. The number of phenols is 2. The fraction of sp³-hybridized carbons (Fsp3) is 0.0476. The third-order valence-corrected chi connectivity index (χ3v) is 5.37. The Morgan fingerprint density at radius 2 is 1.48 bits per heavy atom. The topological polar surface area (TPSA) is 113 Å². The second kappa shape index (κ2) is 5.65. The minimum atomic E-state index is -1.55. The number of fused-ring (bicyclic) bond motifs is 6. The van der Waals surface area contributed by atoms with Gasteiger partial charge in [0.1, 0.15) is 23.0 Å². The Bertz CT molecular complexity index is 1200. The lowest BCUT2D eigenvalue weighted by Gasteiger charge is -2.36. The molecule has 0 radical (unpaired) electrons. The lowest BCUT2D eigenvalue weighted by atomic mass is 9.77. The smallest absolute Gasteiger partial charge is 0.341 e. The highest BCUT2D eigenvalue weighted by atomic mass is 35.5. The third kappa shape index (κ3) is 2.25. The molecule has 2 aliphatic rings. The van der Waals surface area contributed by atoms with Gasteiger partial charge in [-0.1, -0.05) is 11.6 Å². The van der Waals surface area contributed by atoms with Crippen molar-refractivity contribution in [3.8, 4) is 23.0 Å². The molecule has 7 nitrogen and oxygen atoms in total. The molecule has 0 aliphatic carbocycles. The number of halogens is 1. The van der Waals surface area contributed by atoms with Crippen LogP contribution in [0.3, 0.4) is 0 Å². The Kier molecular flexibility index (Phi) is 3.39. The normalized spacial score (nSPS) is 15.1. The molecule has 0 saturated heterocycles. The van der Waals surface area contributed by atoms with E-state index in [9.17, 15) is 24.9 Å². The lowest BCUT2D eigenvalue weighted by Crippen LogP contribution is -2.33. The van der Waals surface area contributed by atoms with E-state index in [2.05, 4.69) is 0 Å². The summed E-state index contributed by atoms with van der Waals surface area (Å²) < 4.78 is 11.7. The molecule has 0 amide bonds. The van der Waals surface area contributed by atoms with Crippen molar-refractivity contribution in [2.24, 2.45) is 0 Å². The number of carbonyl (C=O) groups is 2. The van der Waals surface area contributed by atoms with Crippen LogP contribution in [-0.2, 0) is 10.3 Å². The predicted molar refractivity (Wildman–Crippen MR) is 100.0 cm³/mol. The fourth-order valence-electron chi connectivity index (χ4n) is 3.90. The van der Waals surface area contributed by atoms with E-state index < -0.39 is 17.5 Å². The molecule has 0 saturated carbocycles. The van der Waals surface area contributed by atoms with Gasteiger partial charge in [0, 0.05) is 28.8 Å². The quantitative estimate of drug-likeness (QED) is 0.519. The molecule has 1 spiro atoms. The van der Waals surface area contributed by atoms with E-state index in [1.165, 1.54) is 48.5 Å². The van der Waals surface area contributed by atoms with Gasteiger partial charge in [0.15, 0.2) is 5.60 Å². The summed E-state index contributed by atoms with van der Waals surface area (Å²) in [6, 6.07) is 11.1. The number of carbonyl (C=O) groups excluding carboxylic acids is 1. The Hall–Kier alpha value is -3.71. The molecule has 0 bridgehead atoms. The van der Waals surface area contributed by atoms with Crippen molar-refractivity contribution in [3.63, 3.8) is 0 Å². The molecule has 0 fully saturated rings. The number of benzene rings is 3. The Morgan fingerprint density at radius 3 is 2.03 bits per heavy atom. The maximum absolute atomic E-state index is 12.8. The predicted octanol–water partition coefficient (Wildman–Crippen LogP) is 4.02. The first-order valence-electron chi connectivity index (χ1n) is 8.47. The number of carboxylic acids is 1. The van der Waals surface area contributed by atoms with Crippen LogP contribution in [0.5, 0.6) is 23.0 Å². The van der Waals surface area contributed by atoms with Gasteiger partial charge in [-0.05, 0) is 36.4 Å². The second-order valence-corrected chi connectivity index (χ2v) is 7.13. The molecular formula is C21H11ClO7. The molecule has 8 heteroatoms. The lowest BCUT2D eigenvalue weighted by molar-refractivity contribution is 0.0224. The number of rotatable bonds is 1. The van der Waals surface area contributed by atoms with E-state index in [-0.39, 0.29) is 44.7 Å². The van der Waals surface area contributed by atoms with Crippen molar-refractivity contribution in [2.45, 2.75) is 5.60 Å². The van der Waals surface area contributed by atoms with Crippen LogP contribution in [0.4, 0.5) is 0 Å². The standard InChI is InChI=1S/C21H11ClO7/c22-15-6-9(19(25)26)5-14-18(15)20(27)29-21(14)12-3-1-10(23)7-16(12)28-17-8-11(24)2-4-13(17)21/h1-8,23-24H,(H,25,26). The first-order valence-corrected chi connectivity index (χ1v) is 8.84. The Balaban J connectivity index is 1.93. The van der Waals surface area contributed by atoms with Crippen molar-refractivity contribution in [1.29, 1.82) is 0 Å². The van der Waals surface area contributed by atoms with Gasteiger partial charge >= 0.3 is 11.9 Å². The van der Waals surface area contributed by atoms with Crippen molar-refractivity contribution < 1.29 is 34.4 Å². The number of hydrogen-bond acceptors (Lipinski definition) is 6. The van der Waals surface area contributed by atoms with E-state index >= 15 is 0 Å². The van der Waals surface area contributed by atoms with Gasteiger partial charge in [0.2, 0.25) is 0 Å². The van der Waals surface area contributed by atoms with Crippen LogP contribution in [-0.4, -0.2) is 27.3 Å². The molecule has 0 atom stereocenters. The van der Waals surface area contributed by atoms with Gasteiger partial charge in [0.05, 0.1) is 16.1 Å². The molecular weight excluding hydrogens is 400 g/mol. The largest absolute Gasteiger partial charge is 0.508 e. The van der Waals surface area contributed by atoms with Crippen molar-refractivity contribution >= 4 is 23.5 Å². The highest BCUT2D eigenvalue weighted by molar-refractivity contribution is 6.34. The number of aromatic carboxylic acids is 1. The van der Waals surface area contributed by atoms with Crippen LogP contribution in [0, 0.1) is 0 Å². The van der Waals surface area contributed by atoms with Crippen LogP contribution in [0.1, 0.15) is 37.4 Å². The molecule has 0 unspecified atom stereocenters. The molecule has 3 N–H and O–H groups in total. The molecule has 2 heterocycles. The summed E-state index contributed by atoms with van der Waals surface area (Å²) in [5.41, 5.74) is -0.589. The van der Waals surface area contributed by atoms with Gasteiger partial charge in [-0.2, -0.15) is 0 Å². The highest BCUT2D eigenvalue weighted by Gasteiger charge is 2.54. The average molecular weight is 411 g/mol. The molecule has 3 aromatic rings. The first kappa shape index (κ1) is 17.4. The van der Waals surface area contributed by atoms with Gasteiger partial charge < -0.3 is 24.8 Å². The summed E-state index contributed by atoms with van der Waals surface area (Å²) in [4.78, 5) is 24.4. The summed E-state index contributed by atoms with van der Waals surface area (Å²) in [6.45, 7) is 0. The van der Waals surface area contributed by atoms with Gasteiger partial charge in [-0.3, -0.25) is 0 Å². The van der Waals surface area contributed by atoms with Crippen LogP contribution in [0.25, 0.3) is 0 Å². The van der Waals surface area contributed by atoms with Crippen LogP contribution < -0.4 is 4.74 Å². The van der Waals surface area contributed by atoms with E-state index in [0.717, 1.165) is 0 Å². The zero-order valence-corrected chi connectivity index (χ0v) is 15.2. The molecule has 5 rings (SSSR count). The van der Waals surface area contributed by atoms with E-state index in [0.29, 0.717) is 11.1 Å². The van der Waals surface area contributed by atoms with Gasteiger partial charge in [0.25, 0.3) is 0 Å². The fourth-order valence-corrected chi connectivity index (χ4v) is 4.19. The Labute approximate surface area is 168 Å². The summed E-state index contributed by atoms with van der Waals surface area (Å²) in [5.74, 6) is -1.70. The minimum Gasteiger partial charge on any atom is -0.508 e. The van der Waals surface area contributed by atoms with Crippen LogP contribution in [0.15, 0.2) is 48.5 Å². The number of aromatic hydroxyl groups is 2. The van der Waals surface area contributed by atoms with Crippen LogP contribution in [0.2, 0.25) is 5.02 Å². The maximum atomic E-state index is 12.8. The number of esters is 1. The molecule has 29 heavy (non-hydrogen) atoms. The molecule has 144 valence electrons. The third-order valence-electron chi connectivity index (χ3n) is 5.08. The van der Waals surface area contributed by atoms with Crippen LogP contribution >= 0.6 is 11.6 Å². The zero-order valence-electron chi connectivity index (χ0n) is 14.5. The van der Waals surface area contributed by atoms with Crippen molar-refractivity contribution in [1.82, 2.24) is 0 Å². The summed E-state index contributed by atoms with van der Waals surface area (Å²) in [7, 11) is 0. The number of carboxylic acid groups (broad SMARTS) is 1. The van der Waals surface area contributed by atoms with E-state index in [4.69, 9.17) is 21.1 Å². The molecule has 3 aromatic carbocycles. The second-order valence-electron chi connectivity index (χ2n) is 6.72. The van der Waals surface area contributed by atoms with Crippen molar-refractivity contribution in [2.75, 3.05) is 0 Å². The number of phenolic OH excluding ortho intramolecular Hbond substituents is 2.